The maximum absolute atomic E-state index is 12.6. The van der Waals surface area contributed by atoms with Gasteiger partial charge in [0.15, 0.2) is 11.5 Å². The summed E-state index contributed by atoms with van der Waals surface area (Å²) < 4.78 is 10.5. The number of ether oxygens (including phenoxy) is 2. The van der Waals surface area contributed by atoms with Crippen molar-refractivity contribution >= 4 is 33.2 Å². The number of anilines is 1. The van der Waals surface area contributed by atoms with E-state index in [-0.39, 0.29) is 21.6 Å². The quantitative estimate of drug-likeness (QED) is 0.858. The molecule has 2 aromatic rings. The van der Waals surface area contributed by atoms with Gasteiger partial charge in [-0.2, -0.15) is 0 Å². The Morgan fingerprint density at radius 3 is 2.21 bits per heavy atom. The van der Waals surface area contributed by atoms with Gasteiger partial charge < -0.3 is 14.8 Å². The standard InChI is InChI=1S/C16H12BrN3O4/c1-23-9-4-3-8(7-10(9)24-2)20-12-11(17)15(21)13-14(16(12)22)19-6-5-18-13/h3-7,20H,1-2H3. The maximum Gasteiger partial charge on any atom is 0.231 e. The molecule has 7 nitrogen and oxygen atoms in total. The van der Waals surface area contributed by atoms with E-state index in [2.05, 4.69) is 31.2 Å². The first-order valence-electron chi connectivity index (χ1n) is 6.86. The molecule has 0 radical (unpaired) electrons. The number of ketones is 2. The molecule has 1 heterocycles. The minimum Gasteiger partial charge on any atom is -0.493 e. The van der Waals surface area contributed by atoms with Crippen molar-refractivity contribution in [1.82, 2.24) is 9.97 Å². The summed E-state index contributed by atoms with van der Waals surface area (Å²) >= 11 is 3.17. The predicted molar refractivity (Wildman–Crippen MR) is 89.8 cm³/mol. The fraction of sp³-hybridized carbons (Fsp3) is 0.125. The lowest BCUT2D eigenvalue weighted by atomic mass is 10.0. The highest BCUT2D eigenvalue weighted by Gasteiger charge is 2.33. The highest BCUT2D eigenvalue weighted by Crippen LogP contribution is 2.33. The van der Waals surface area contributed by atoms with Crippen molar-refractivity contribution in [3.05, 3.63) is 52.2 Å². The maximum atomic E-state index is 12.6. The zero-order chi connectivity index (χ0) is 17.3. The van der Waals surface area contributed by atoms with Crippen LogP contribution in [0.15, 0.2) is 40.8 Å². The first-order valence-corrected chi connectivity index (χ1v) is 7.65. The van der Waals surface area contributed by atoms with Crippen molar-refractivity contribution in [1.29, 1.82) is 0 Å². The van der Waals surface area contributed by atoms with E-state index < -0.39 is 11.6 Å². The molecule has 8 heteroatoms. The number of carbonyl (C=O) groups excluding carboxylic acids is 2. The van der Waals surface area contributed by atoms with Gasteiger partial charge in [-0.3, -0.25) is 9.59 Å². The van der Waals surface area contributed by atoms with E-state index in [1.807, 2.05) is 0 Å². The van der Waals surface area contributed by atoms with Gasteiger partial charge in [0.2, 0.25) is 11.6 Å². The van der Waals surface area contributed by atoms with Crippen molar-refractivity contribution in [2.75, 3.05) is 19.5 Å². The summed E-state index contributed by atoms with van der Waals surface area (Å²) in [6, 6.07) is 5.06. The van der Waals surface area contributed by atoms with Crippen molar-refractivity contribution in [2.24, 2.45) is 0 Å². The van der Waals surface area contributed by atoms with Crippen LogP contribution in [0.1, 0.15) is 21.0 Å². The Morgan fingerprint density at radius 1 is 0.958 bits per heavy atom. The van der Waals surface area contributed by atoms with Crippen LogP contribution in [0.4, 0.5) is 5.69 Å². The van der Waals surface area contributed by atoms with Gasteiger partial charge in [-0.15, -0.1) is 0 Å². The van der Waals surface area contributed by atoms with Crippen LogP contribution in [0.2, 0.25) is 0 Å². The molecule has 0 fully saturated rings. The number of rotatable bonds is 4. The molecule has 24 heavy (non-hydrogen) atoms. The summed E-state index contributed by atoms with van der Waals surface area (Å²) in [7, 11) is 3.04. The van der Waals surface area contributed by atoms with Crippen molar-refractivity contribution in [3.8, 4) is 11.5 Å². The highest BCUT2D eigenvalue weighted by molar-refractivity contribution is 9.12. The lowest BCUT2D eigenvalue weighted by molar-refractivity contribution is 0.0975. The average Bonchev–Trinajstić information content (AvgIpc) is 2.63. The van der Waals surface area contributed by atoms with Gasteiger partial charge in [0.05, 0.1) is 18.7 Å². The first-order chi connectivity index (χ1) is 11.6. The number of halogens is 1. The zero-order valence-corrected chi connectivity index (χ0v) is 14.4. The van der Waals surface area contributed by atoms with Gasteiger partial charge in [-0.1, -0.05) is 0 Å². The molecule has 0 atom stereocenters. The molecule has 122 valence electrons. The molecular formula is C16H12BrN3O4. The highest BCUT2D eigenvalue weighted by atomic mass is 79.9. The molecule has 0 amide bonds. The number of fused-ring (bicyclic) bond motifs is 1. The van der Waals surface area contributed by atoms with Crippen LogP contribution in [-0.2, 0) is 0 Å². The van der Waals surface area contributed by atoms with E-state index in [4.69, 9.17) is 9.47 Å². The number of nitrogens with one attached hydrogen (secondary N) is 1. The average molecular weight is 390 g/mol. The van der Waals surface area contributed by atoms with Crippen molar-refractivity contribution in [3.63, 3.8) is 0 Å². The fourth-order valence-corrected chi connectivity index (χ4v) is 2.74. The summed E-state index contributed by atoms with van der Waals surface area (Å²) in [6.45, 7) is 0. The third-order valence-corrected chi connectivity index (χ3v) is 4.18. The number of hydrogen-bond donors (Lipinski definition) is 1. The van der Waals surface area contributed by atoms with E-state index in [0.717, 1.165) is 0 Å². The number of nitrogens with zero attached hydrogens (tertiary/aromatic N) is 2. The lowest BCUT2D eigenvalue weighted by Crippen LogP contribution is -2.26. The molecule has 1 N–H and O–H groups in total. The van der Waals surface area contributed by atoms with Gasteiger partial charge in [-0.05, 0) is 28.1 Å². The van der Waals surface area contributed by atoms with Crippen LogP contribution < -0.4 is 14.8 Å². The molecule has 1 aliphatic rings. The molecule has 3 rings (SSSR count). The Balaban J connectivity index is 2.00. The molecule has 1 aliphatic carbocycles. The number of carbonyl (C=O) groups is 2. The molecular weight excluding hydrogens is 378 g/mol. The minimum atomic E-state index is -0.417. The van der Waals surface area contributed by atoms with Gasteiger partial charge in [0.25, 0.3) is 0 Å². The largest absolute Gasteiger partial charge is 0.493 e. The summed E-state index contributed by atoms with van der Waals surface area (Å²) in [5.41, 5.74) is 0.717. The number of methoxy groups -OCH3 is 2. The summed E-state index contributed by atoms with van der Waals surface area (Å²) in [5, 5.41) is 2.94. The first kappa shape index (κ1) is 16.1. The van der Waals surface area contributed by atoms with E-state index in [1.165, 1.54) is 26.6 Å². The zero-order valence-electron chi connectivity index (χ0n) is 12.8. The van der Waals surface area contributed by atoms with Gasteiger partial charge >= 0.3 is 0 Å². The normalized spacial score (nSPS) is 13.6. The minimum absolute atomic E-state index is 0.0219. The monoisotopic (exact) mass is 389 g/mol. The molecule has 0 saturated carbocycles. The summed E-state index contributed by atoms with van der Waals surface area (Å²) in [4.78, 5) is 32.8. The third-order valence-electron chi connectivity index (χ3n) is 3.43. The number of allylic oxidation sites excluding steroid dienone is 2. The van der Waals surface area contributed by atoms with Gasteiger partial charge in [-0.25, -0.2) is 9.97 Å². The summed E-state index contributed by atoms with van der Waals surface area (Å²) in [5.74, 6) is 0.229. The van der Waals surface area contributed by atoms with E-state index in [9.17, 15) is 9.59 Å². The molecule has 0 saturated heterocycles. The third kappa shape index (κ3) is 2.65. The SMILES string of the molecule is COc1ccc(NC2=C(Br)C(=O)c3nccnc3C2=O)cc1OC. The number of aromatic nitrogens is 2. The smallest absolute Gasteiger partial charge is 0.231 e. The van der Waals surface area contributed by atoms with E-state index >= 15 is 0 Å². The predicted octanol–water partition coefficient (Wildman–Crippen LogP) is 2.59. The topological polar surface area (TPSA) is 90.4 Å². The van der Waals surface area contributed by atoms with Gasteiger partial charge in [0, 0.05) is 24.1 Å². The van der Waals surface area contributed by atoms with Crippen LogP contribution in [0.3, 0.4) is 0 Å². The fourth-order valence-electron chi connectivity index (χ4n) is 2.28. The second kappa shape index (κ2) is 6.40. The molecule has 1 aromatic carbocycles. The molecule has 0 aliphatic heterocycles. The second-order valence-corrected chi connectivity index (χ2v) is 5.59. The van der Waals surface area contributed by atoms with Crippen LogP contribution >= 0.6 is 15.9 Å². The summed E-state index contributed by atoms with van der Waals surface area (Å²) in [6.07, 6.45) is 2.74. The Hall–Kier alpha value is -2.74. The Morgan fingerprint density at radius 2 is 1.58 bits per heavy atom. The Labute approximate surface area is 145 Å². The van der Waals surface area contributed by atoms with Gasteiger partial charge in [0.1, 0.15) is 17.1 Å². The van der Waals surface area contributed by atoms with Crippen LogP contribution in [0, 0.1) is 0 Å². The molecule has 0 unspecified atom stereocenters. The Bertz CT molecular complexity index is 879. The van der Waals surface area contributed by atoms with E-state index in [1.54, 1.807) is 18.2 Å². The molecule has 1 aromatic heterocycles. The molecule has 0 bridgehead atoms. The van der Waals surface area contributed by atoms with Crippen LogP contribution in [0.5, 0.6) is 11.5 Å². The Kier molecular flexibility index (Phi) is 4.30. The number of Topliss-reactive ketones (excluding diaryl/α,β-unsaturated/α-hetero) is 2. The second-order valence-electron chi connectivity index (χ2n) is 4.80. The number of hydrogen-bond acceptors (Lipinski definition) is 7. The van der Waals surface area contributed by atoms with E-state index in [0.29, 0.717) is 17.2 Å². The lowest BCUT2D eigenvalue weighted by Gasteiger charge is -2.18. The van der Waals surface area contributed by atoms with Crippen molar-refractivity contribution in [2.45, 2.75) is 0 Å². The molecule has 0 spiro atoms. The van der Waals surface area contributed by atoms with Crippen molar-refractivity contribution < 1.29 is 19.1 Å². The van der Waals surface area contributed by atoms with Crippen LogP contribution in [-0.4, -0.2) is 35.8 Å². The number of benzene rings is 1. The van der Waals surface area contributed by atoms with Crippen LogP contribution in [0.25, 0.3) is 0 Å².